The number of hydrogen-bond donors (Lipinski definition) is 0. The average molecular weight is 114 g/mol. The summed E-state index contributed by atoms with van der Waals surface area (Å²) >= 11 is 0. The minimum atomic E-state index is 0.661. The van der Waals surface area contributed by atoms with E-state index < -0.39 is 0 Å². The van der Waals surface area contributed by atoms with Crippen LogP contribution >= 0.6 is 0 Å². The fourth-order valence-corrected chi connectivity index (χ4v) is 0.427. The molecule has 1 aliphatic rings. The molecule has 0 spiro atoms. The molecule has 0 saturated carbocycles. The first-order valence-electron chi connectivity index (χ1n) is 2.87. The fourth-order valence-electron chi connectivity index (χ4n) is 0.427. The molecule has 0 bridgehead atoms. The van der Waals surface area contributed by atoms with Crippen LogP contribution in [0, 0.1) is 0 Å². The zero-order valence-electron chi connectivity index (χ0n) is 5.02. The summed E-state index contributed by atoms with van der Waals surface area (Å²) in [6.07, 6.45) is 2.78. The van der Waals surface area contributed by atoms with Gasteiger partial charge in [-0.25, -0.2) is 0 Å². The molecule has 0 radical (unpaired) electrons. The van der Waals surface area contributed by atoms with Gasteiger partial charge in [0.1, 0.15) is 12.9 Å². The van der Waals surface area contributed by atoms with Crippen molar-refractivity contribution in [3.8, 4) is 0 Å². The molecule has 0 aromatic carbocycles. The summed E-state index contributed by atoms with van der Waals surface area (Å²) in [5, 5.41) is 0. The summed E-state index contributed by atoms with van der Waals surface area (Å²) < 4.78 is 9.84. The van der Waals surface area contributed by atoms with Crippen molar-refractivity contribution in [3.05, 3.63) is 12.0 Å². The van der Waals surface area contributed by atoms with Crippen molar-refractivity contribution in [2.24, 2.45) is 0 Å². The van der Waals surface area contributed by atoms with Gasteiger partial charge in [-0.05, 0) is 6.42 Å². The van der Waals surface area contributed by atoms with E-state index in [0.29, 0.717) is 6.61 Å². The molecule has 0 aliphatic carbocycles. The number of rotatable bonds is 4. The van der Waals surface area contributed by atoms with E-state index in [-0.39, 0.29) is 0 Å². The molecule has 8 heavy (non-hydrogen) atoms. The van der Waals surface area contributed by atoms with E-state index >= 15 is 0 Å². The molecule has 0 amide bonds. The van der Waals surface area contributed by atoms with Gasteiger partial charge in [0.25, 0.3) is 0 Å². The predicted octanol–water partition coefficient (Wildman–Crippen LogP) is 1.28. The van der Waals surface area contributed by atoms with Crippen molar-refractivity contribution >= 4 is 0 Å². The molecule has 2 nitrogen and oxygen atoms in total. The molecule has 0 saturated heterocycles. The molecule has 0 fully saturated rings. The van der Waals surface area contributed by atoms with Crippen molar-refractivity contribution in [3.63, 3.8) is 0 Å². The van der Waals surface area contributed by atoms with Gasteiger partial charge in [-0.1, -0.05) is 6.92 Å². The van der Waals surface area contributed by atoms with E-state index in [1.54, 1.807) is 6.26 Å². The topological polar surface area (TPSA) is 21.8 Å². The third-order valence-electron chi connectivity index (χ3n) is 0.877. The van der Waals surface area contributed by atoms with Gasteiger partial charge < -0.3 is 9.47 Å². The molecule has 2 heteroatoms. The Morgan fingerprint density at radius 3 is 3.00 bits per heavy atom. The average Bonchev–Trinajstić information content (AvgIpc) is 2.51. The van der Waals surface area contributed by atoms with Crippen molar-refractivity contribution in [2.75, 3.05) is 13.2 Å². The van der Waals surface area contributed by atoms with Crippen LogP contribution in [-0.4, -0.2) is 13.2 Å². The van der Waals surface area contributed by atoms with Gasteiger partial charge in [0.2, 0.25) is 0 Å². The maximum Gasteiger partial charge on any atom is 0.164 e. The second-order valence-electron chi connectivity index (χ2n) is 1.75. The first-order valence-corrected chi connectivity index (χ1v) is 2.87. The second kappa shape index (κ2) is 2.72. The van der Waals surface area contributed by atoms with Crippen molar-refractivity contribution < 1.29 is 9.47 Å². The van der Waals surface area contributed by atoms with E-state index in [1.807, 2.05) is 0 Å². The Balaban J connectivity index is 1.81. The molecule has 0 aromatic heterocycles. The third kappa shape index (κ3) is 1.98. The Bertz CT molecular complexity index is 96.7. The maximum atomic E-state index is 5.11. The molecule has 46 valence electrons. The van der Waals surface area contributed by atoms with Gasteiger partial charge in [0, 0.05) is 6.61 Å². The van der Waals surface area contributed by atoms with E-state index in [0.717, 1.165) is 18.8 Å². The van der Waals surface area contributed by atoms with Crippen LogP contribution in [0.3, 0.4) is 0 Å². The lowest BCUT2D eigenvalue weighted by atomic mass is 10.5. The lowest BCUT2D eigenvalue weighted by molar-refractivity contribution is 0.145. The largest absolute Gasteiger partial charge is 0.460 e. The van der Waals surface area contributed by atoms with E-state index in [2.05, 4.69) is 6.92 Å². The molecule has 0 aromatic rings. The first-order chi connectivity index (χ1) is 3.93. The third-order valence-corrected chi connectivity index (χ3v) is 0.877. The van der Waals surface area contributed by atoms with Crippen LogP contribution < -0.4 is 0 Å². The molecule has 1 aliphatic heterocycles. The van der Waals surface area contributed by atoms with Crippen LogP contribution in [0.4, 0.5) is 0 Å². The molecular weight excluding hydrogens is 104 g/mol. The Morgan fingerprint density at radius 2 is 2.50 bits per heavy atom. The zero-order valence-corrected chi connectivity index (χ0v) is 5.02. The van der Waals surface area contributed by atoms with Crippen molar-refractivity contribution in [1.29, 1.82) is 0 Å². The Hall–Kier alpha value is -0.500. The van der Waals surface area contributed by atoms with Crippen LogP contribution in [0.5, 0.6) is 0 Å². The SMILES string of the molecule is CCCOCC1=CO1. The van der Waals surface area contributed by atoms with Crippen LogP contribution in [0.15, 0.2) is 12.0 Å². The monoisotopic (exact) mass is 114 g/mol. The summed E-state index contributed by atoms with van der Waals surface area (Å²) in [6.45, 7) is 3.58. The van der Waals surface area contributed by atoms with Gasteiger partial charge >= 0.3 is 0 Å². The normalized spacial score (nSPS) is 14.9. The van der Waals surface area contributed by atoms with Gasteiger partial charge in [-0.2, -0.15) is 0 Å². The van der Waals surface area contributed by atoms with Crippen LogP contribution in [0.2, 0.25) is 0 Å². The summed E-state index contributed by atoms with van der Waals surface area (Å²) in [5.74, 6) is 0.971. The summed E-state index contributed by atoms with van der Waals surface area (Å²) in [4.78, 5) is 0. The summed E-state index contributed by atoms with van der Waals surface area (Å²) in [7, 11) is 0. The summed E-state index contributed by atoms with van der Waals surface area (Å²) in [5.41, 5.74) is 0. The molecule has 0 N–H and O–H groups in total. The van der Waals surface area contributed by atoms with E-state index in [4.69, 9.17) is 9.47 Å². The molecule has 0 atom stereocenters. The van der Waals surface area contributed by atoms with Gasteiger partial charge in [-0.15, -0.1) is 0 Å². The highest BCUT2D eigenvalue weighted by Crippen LogP contribution is 2.12. The molecular formula is C6H10O2. The van der Waals surface area contributed by atoms with Crippen LogP contribution in [0.25, 0.3) is 0 Å². The quantitative estimate of drug-likeness (QED) is 0.513. The Kier molecular flexibility index (Phi) is 1.92. The van der Waals surface area contributed by atoms with Crippen molar-refractivity contribution in [1.82, 2.24) is 0 Å². The molecule has 1 rings (SSSR count). The Labute approximate surface area is 49.1 Å². The minimum absolute atomic E-state index is 0.661. The maximum absolute atomic E-state index is 5.11. The van der Waals surface area contributed by atoms with E-state index in [1.165, 1.54) is 0 Å². The first kappa shape index (κ1) is 5.63. The van der Waals surface area contributed by atoms with Crippen molar-refractivity contribution in [2.45, 2.75) is 13.3 Å². The second-order valence-corrected chi connectivity index (χ2v) is 1.75. The standard InChI is InChI=1S/C6H10O2/c1-2-3-7-4-6-5-8-6/h5H,2-4H2,1H3. The zero-order chi connectivity index (χ0) is 5.82. The predicted molar refractivity (Wildman–Crippen MR) is 30.3 cm³/mol. The van der Waals surface area contributed by atoms with Crippen LogP contribution in [0.1, 0.15) is 13.3 Å². The highest BCUT2D eigenvalue weighted by Gasteiger charge is 2.07. The minimum Gasteiger partial charge on any atom is -0.460 e. The highest BCUT2D eigenvalue weighted by molar-refractivity contribution is 5.02. The fraction of sp³-hybridized carbons (Fsp3) is 0.667. The van der Waals surface area contributed by atoms with Gasteiger partial charge in [-0.3, -0.25) is 0 Å². The summed E-state index contributed by atoms with van der Waals surface area (Å²) in [6, 6.07) is 0. The van der Waals surface area contributed by atoms with E-state index in [9.17, 15) is 0 Å². The van der Waals surface area contributed by atoms with Gasteiger partial charge in [0.05, 0.1) is 0 Å². The Morgan fingerprint density at radius 1 is 1.75 bits per heavy atom. The molecule has 0 unspecified atom stereocenters. The molecule has 1 heterocycles. The number of hydrogen-bond acceptors (Lipinski definition) is 2. The lowest BCUT2D eigenvalue weighted by Gasteiger charge is -1.93. The lowest BCUT2D eigenvalue weighted by Crippen LogP contribution is -1.92. The van der Waals surface area contributed by atoms with Crippen LogP contribution in [-0.2, 0) is 9.47 Å². The smallest absolute Gasteiger partial charge is 0.164 e. The van der Waals surface area contributed by atoms with Gasteiger partial charge in [0.15, 0.2) is 5.76 Å². The number of ether oxygens (including phenoxy) is 2. The highest BCUT2D eigenvalue weighted by atomic mass is 16.6.